The van der Waals surface area contributed by atoms with E-state index in [0.717, 1.165) is 10.9 Å². The molecule has 0 fully saturated rings. The topological polar surface area (TPSA) is 418 Å². The minimum atomic E-state index is -1.71. The number of benzene rings is 1. The molecular formula is C48H76N12O13. The Balaban J connectivity index is 2.28. The van der Waals surface area contributed by atoms with E-state index in [1.807, 2.05) is 18.2 Å². The Labute approximate surface area is 424 Å². The number of aliphatic carboxylic acids is 1. The molecule has 406 valence electrons. The molecule has 73 heavy (non-hydrogen) atoms. The summed E-state index contributed by atoms with van der Waals surface area (Å²) in [5, 5.41) is 40.8. The number of hydrogen-bond acceptors (Lipinski definition) is 13. The Morgan fingerprint density at radius 2 is 1.07 bits per heavy atom. The number of aromatic amines is 1. The lowest BCUT2D eigenvalue weighted by molar-refractivity contribution is -0.143. The predicted octanol–water partition coefficient (Wildman–Crippen LogP) is -2.44. The van der Waals surface area contributed by atoms with Gasteiger partial charge in [0.1, 0.15) is 42.3 Å². The fourth-order valence-corrected chi connectivity index (χ4v) is 7.45. The van der Waals surface area contributed by atoms with Crippen molar-refractivity contribution in [1.29, 1.82) is 0 Å². The van der Waals surface area contributed by atoms with Crippen molar-refractivity contribution in [2.45, 2.75) is 149 Å². The number of aliphatic hydroxyl groups is 1. The number of aromatic nitrogens is 1. The van der Waals surface area contributed by atoms with Crippen LogP contribution in [0.3, 0.4) is 0 Å². The van der Waals surface area contributed by atoms with Gasteiger partial charge in [-0.15, -0.1) is 0 Å². The third-order valence-electron chi connectivity index (χ3n) is 12.7. The number of nitrogens with two attached hydrogens (primary N) is 3. The summed E-state index contributed by atoms with van der Waals surface area (Å²) >= 11 is 0. The summed E-state index contributed by atoms with van der Waals surface area (Å²) < 4.78 is 0. The highest BCUT2D eigenvalue weighted by atomic mass is 16.4. The Kier molecular flexibility index (Phi) is 25.5. The molecule has 2 aromatic rings. The summed E-state index contributed by atoms with van der Waals surface area (Å²) in [7, 11) is 0. The molecule has 0 saturated heterocycles. The quantitative estimate of drug-likeness (QED) is 0.0362. The Hall–Kier alpha value is -7.15. The molecule has 0 radical (unpaired) electrons. The number of amides is 10. The average Bonchev–Trinajstić information content (AvgIpc) is 3.76. The van der Waals surface area contributed by atoms with Crippen molar-refractivity contribution in [1.82, 2.24) is 47.5 Å². The van der Waals surface area contributed by atoms with E-state index in [4.69, 9.17) is 17.2 Å². The first kappa shape index (κ1) is 62.0. The van der Waals surface area contributed by atoms with Gasteiger partial charge in [0, 0.05) is 29.9 Å². The van der Waals surface area contributed by atoms with Crippen LogP contribution in [0.2, 0.25) is 0 Å². The first-order valence-corrected chi connectivity index (χ1v) is 24.4. The Morgan fingerprint density at radius 1 is 0.589 bits per heavy atom. The molecule has 17 N–H and O–H groups in total. The summed E-state index contributed by atoms with van der Waals surface area (Å²) in [6.45, 7) is 11.6. The van der Waals surface area contributed by atoms with E-state index in [1.54, 1.807) is 67.7 Å². The molecule has 1 heterocycles. The van der Waals surface area contributed by atoms with Gasteiger partial charge in [0.05, 0.1) is 25.6 Å². The standard InChI is InChI=1S/C48H76N12O13/c1-9-24(6)38(58-41(65)29(49)16-17-34(50)62)45(69)53-21-36(64)54-32(19-35(51)63)43(67)59-40(26(8)11-3)47(71)56-33(22-61)44(68)60-39(25(7)10-2)46(70)55-31(42(66)57-37(23(4)5)48(72)73)18-27-20-52-30-15-13-12-14-28(27)30/h12-15,20,23-26,29,31-33,37-40,52,61H,9-11,16-19,21-22,49H2,1-8H3,(H2,50,62)(H2,51,63)(H,53,69)(H,54,64)(H,55,70)(H,56,71)(H,57,66)(H,58,65)(H,59,67)(H,60,68)(H,72,73)/t24-,25-,26-,29-,31-,32-,33-,37-,38-,39-,40-/m0/s1. The largest absolute Gasteiger partial charge is 0.480 e. The molecule has 0 saturated carbocycles. The number of hydrogen-bond donors (Lipinski definition) is 14. The minimum absolute atomic E-state index is 0.0737. The number of para-hydroxylation sites is 1. The zero-order valence-electron chi connectivity index (χ0n) is 42.8. The molecule has 1 aromatic heterocycles. The summed E-state index contributed by atoms with van der Waals surface area (Å²) in [6.07, 6.45) is 1.60. The van der Waals surface area contributed by atoms with Gasteiger partial charge >= 0.3 is 5.97 Å². The van der Waals surface area contributed by atoms with Crippen molar-refractivity contribution in [3.8, 4) is 0 Å². The predicted molar refractivity (Wildman–Crippen MR) is 267 cm³/mol. The van der Waals surface area contributed by atoms with Crippen molar-refractivity contribution >= 4 is 75.9 Å². The maximum atomic E-state index is 14.1. The minimum Gasteiger partial charge on any atom is -0.480 e. The lowest BCUT2D eigenvalue weighted by atomic mass is 9.96. The smallest absolute Gasteiger partial charge is 0.326 e. The molecule has 0 aliphatic carbocycles. The van der Waals surface area contributed by atoms with Crippen LogP contribution < -0.4 is 59.7 Å². The monoisotopic (exact) mass is 1030 g/mol. The molecule has 2 rings (SSSR count). The van der Waals surface area contributed by atoms with E-state index in [2.05, 4.69) is 47.5 Å². The van der Waals surface area contributed by atoms with E-state index < -0.39 is 157 Å². The number of nitrogens with one attached hydrogen (secondary N) is 9. The van der Waals surface area contributed by atoms with E-state index in [0.29, 0.717) is 18.4 Å². The second-order valence-electron chi connectivity index (χ2n) is 18.7. The summed E-state index contributed by atoms with van der Waals surface area (Å²) in [4.78, 5) is 147. The van der Waals surface area contributed by atoms with Gasteiger partial charge in [-0.1, -0.05) is 92.9 Å². The van der Waals surface area contributed by atoms with Crippen LogP contribution in [-0.4, -0.2) is 142 Å². The summed E-state index contributed by atoms with van der Waals surface area (Å²) in [6, 6.07) is -3.91. The van der Waals surface area contributed by atoms with Gasteiger partial charge in [-0.25, -0.2) is 4.79 Å². The van der Waals surface area contributed by atoms with Crippen molar-refractivity contribution in [2.24, 2.45) is 40.9 Å². The van der Waals surface area contributed by atoms with E-state index in [1.165, 1.54) is 0 Å². The molecular weight excluding hydrogens is 953 g/mol. The van der Waals surface area contributed by atoms with E-state index in [-0.39, 0.29) is 25.7 Å². The van der Waals surface area contributed by atoms with Crippen LogP contribution >= 0.6 is 0 Å². The number of rotatable bonds is 32. The zero-order chi connectivity index (χ0) is 55.3. The first-order valence-electron chi connectivity index (χ1n) is 24.4. The van der Waals surface area contributed by atoms with Crippen molar-refractivity contribution in [3.63, 3.8) is 0 Å². The third kappa shape index (κ3) is 19.4. The van der Waals surface area contributed by atoms with Gasteiger partial charge in [0.25, 0.3) is 0 Å². The van der Waals surface area contributed by atoms with E-state index >= 15 is 0 Å². The van der Waals surface area contributed by atoms with E-state index in [9.17, 15) is 63.0 Å². The number of carbonyl (C=O) groups excluding carboxylic acids is 10. The van der Waals surface area contributed by atoms with Crippen LogP contribution in [-0.2, 0) is 59.2 Å². The molecule has 0 bridgehead atoms. The molecule has 10 amide bonds. The zero-order valence-corrected chi connectivity index (χ0v) is 42.8. The molecule has 11 atom stereocenters. The molecule has 0 spiro atoms. The normalized spacial score (nSPS) is 15.8. The Bertz CT molecular complexity index is 2270. The van der Waals surface area contributed by atoms with Crippen LogP contribution in [0, 0.1) is 23.7 Å². The second-order valence-corrected chi connectivity index (χ2v) is 18.7. The van der Waals surface area contributed by atoms with Crippen LogP contribution in [0.15, 0.2) is 30.5 Å². The molecule has 0 unspecified atom stereocenters. The summed E-state index contributed by atoms with van der Waals surface area (Å²) in [5.74, 6) is -12.4. The third-order valence-corrected chi connectivity index (χ3v) is 12.7. The molecule has 1 aromatic carbocycles. The SMILES string of the molecule is CC[C@H](C)[C@H](NC(=O)[C@H](CO)NC(=O)[C@@H](NC(=O)[C@H](CC(N)=O)NC(=O)CNC(=O)[C@@H](NC(=O)[C@@H](N)CCC(N)=O)[C@@H](C)CC)[C@@H](C)CC)C(=O)N[C@@H](Cc1c[nH]c2ccccc12)C(=O)N[C@H](C(=O)O)C(C)C. The molecule has 25 heteroatoms. The maximum Gasteiger partial charge on any atom is 0.326 e. The number of carbonyl (C=O) groups is 11. The van der Waals surface area contributed by atoms with Crippen molar-refractivity contribution in [2.75, 3.05) is 13.2 Å². The Morgan fingerprint density at radius 3 is 1.56 bits per heavy atom. The van der Waals surface area contributed by atoms with Crippen LogP contribution in [0.5, 0.6) is 0 Å². The highest BCUT2D eigenvalue weighted by molar-refractivity contribution is 5.99. The van der Waals surface area contributed by atoms with Gasteiger partial charge < -0.3 is 74.9 Å². The second kappa shape index (κ2) is 30.0. The lowest BCUT2D eigenvalue weighted by Gasteiger charge is -2.30. The van der Waals surface area contributed by atoms with Gasteiger partial charge in [-0.3, -0.25) is 47.9 Å². The fraction of sp³-hybridized carbons (Fsp3) is 0.604. The van der Waals surface area contributed by atoms with Gasteiger partial charge in [-0.05, 0) is 41.7 Å². The first-order chi connectivity index (χ1) is 34.3. The van der Waals surface area contributed by atoms with Gasteiger partial charge in [-0.2, -0.15) is 0 Å². The number of aliphatic hydroxyl groups excluding tert-OH is 1. The van der Waals surface area contributed by atoms with Gasteiger partial charge in [0.15, 0.2) is 0 Å². The lowest BCUT2D eigenvalue weighted by Crippen LogP contribution is -2.62. The van der Waals surface area contributed by atoms with Crippen LogP contribution in [0.25, 0.3) is 10.9 Å². The molecule has 0 aliphatic heterocycles. The number of carboxylic acids is 1. The molecule has 0 aliphatic rings. The van der Waals surface area contributed by atoms with Gasteiger partial charge in [0.2, 0.25) is 59.1 Å². The highest BCUT2D eigenvalue weighted by Gasteiger charge is 2.37. The number of H-pyrrole nitrogens is 1. The van der Waals surface area contributed by atoms with Crippen LogP contribution in [0.4, 0.5) is 0 Å². The van der Waals surface area contributed by atoms with Crippen LogP contribution in [0.1, 0.15) is 99.5 Å². The highest BCUT2D eigenvalue weighted by Crippen LogP contribution is 2.20. The summed E-state index contributed by atoms with van der Waals surface area (Å²) in [5.41, 5.74) is 17.8. The molecule has 25 nitrogen and oxygen atoms in total. The van der Waals surface area contributed by atoms with Crippen molar-refractivity contribution < 1.29 is 63.0 Å². The number of primary amides is 2. The maximum absolute atomic E-state index is 14.1. The number of carboxylic acid groups (broad SMARTS) is 1. The average molecular weight is 1030 g/mol. The van der Waals surface area contributed by atoms with Crippen molar-refractivity contribution in [3.05, 3.63) is 36.0 Å². The fourth-order valence-electron chi connectivity index (χ4n) is 7.45. The number of fused-ring (bicyclic) bond motifs is 1.